The van der Waals surface area contributed by atoms with Crippen LogP contribution >= 0.6 is 22.6 Å². The molecule has 0 fully saturated rings. The Balaban J connectivity index is 1.55. The van der Waals surface area contributed by atoms with Crippen molar-refractivity contribution >= 4 is 45.8 Å². The normalized spacial score (nSPS) is 19.7. The molecule has 7 nitrogen and oxygen atoms in total. The molecule has 2 aromatic rings. The number of aryl methyl sites for hydroxylation is 1. The quantitative estimate of drug-likeness (QED) is 0.306. The topological polar surface area (TPSA) is 84.9 Å². The molecule has 0 aromatic heterocycles. The summed E-state index contributed by atoms with van der Waals surface area (Å²) in [6.45, 7) is 13.1. The number of ketones is 2. The smallest absolute Gasteiger partial charge is 0.262 e. The molecule has 0 spiro atoms. The Kier molecular flexibility index (Phi) is 8.55. The van der Waals surface area contributed by atoms with Crippen LogP contribution in [0.3, 0.4) is 0 Å². The van der Waals surface area contributed by atoms with E-state index in [-0.39, 0.29) is 34.9 Å². The van der Waals surface area contributed by atoms with Crippen LogP contribution in [0.5, 0.6) is 11.5 Å². The maximum absolute atomic E-state index is 13.9. The number of nitrogens with one attached hydrogen (secondary N) is 1. The van der Waals surface area contributed by atoms with E-state index < -0.39 is 5.92 Å². The van der Waals surface area contributed by atoms with Gasteiger partial charge in [-0.1, -0.05) is 39.8 Å². The highest BCUT2D eigenvalue weighted by Gasteiger charge is 2.48. The second-order valence-corrected chi connectivity index (χ2v) is 14.7. The summed E-state index contributed by atoms with van der Waals surface area (Å²) in [5, 5.41) is 2.87. The van der Waals surface area contributed by atoms with Crippen molar-refractivity contribution in [3.8, 4) is 11.5 Å². The number of methoxy groups -OCH3 is 1. The summed E-state index contributed by atoms with van der Waals surface area (Å²) in [6.07, 6.45) is 2.42. The average Bonchev–Trinajstić information content (AvgIpc) is 2.89. The van der Waals surface area contributed by atoms with Gasteiger partial charge < -0.3 is 19.7 Å². The van der Waals surface area contributed by atoms with Crippen LogP contribution < -0.4 is 14.8 Å². The molecular formula is C35H41IN2O5. The van der Waals surface area contributed by atoms with Crippen molar-refractivity contribution in [3.63, 3.8) is 0 Å². The largest absolute Gasteiger partial charge is 0.493 e. The van der Waals surface area contributed by atoms with Crippen molar-refractivity contribution in [2.75, 3.05) is 25.6 Å². The second-order valence-electron chi connectivity index (χ2n) is 13.5. The van der Waals surface area contributed by atoms with Crippen LogP contribution in [-0.2, 0) is 14.4 Å². The monoisotopic (exact) mass is 696 g/mol. The maximum atomic E-state index is 13.9. The number of Topliss-reactive ketones (excluding diaryl/α,β-unsaturated/α-hetero) is 2. The predicted molar refractivity (Wildman–Crippen MR) is 176 cm³/mol. The third-order valence-electron chi connectivity index (χ3n) is 8.57. The van der Waals surface area contributed by atoms with Crippen molar-refractivity contribution < 1.29 is 23.9 Å². The van der Waals surface area contributed by atoms with E-state index in [1.54, 1.807) is 7.11 Å². The van der Waals surface area contributed by atoms with Gasteiger partial charge >= 0.3 is 0 Å². The fourth-order valence-corrected chi connectivity index (χ4v) is 7.65. The molecule has 0 atom stereocenters. The number of hydrogen-bond acceptors (Lipinski definition) is 6. The zero-order valence-electron chi connectivity index (χ0n) is 26.2. The molecule has 0 saturated carbocycles. The molecule has 228 valence electrons. The number of amides is 1. The van der Waals surface area contributed by atoms with Crippen LogP contribution in [0.1, 0.15) is 77.3 Å². The van der Waals surface area contributed by atoms with Crippen LogP contribution in [0.2, 0.25) is 0 Å². The van der Waals surface area contributed by atoms with E-state index in [0.717, 1.165) is 50.1 Å². The summed E-state index contributed by atoms with van der Waals surface area (Å²) < 4.78 is 12.5. The van der Waals surface area contributed by atoms with Gasteiger partial charge in [0, 0.05) is 53.5 Å². The predicted octanol–water partition coefficient (Wildman–Crippen LogP) is 7.33. The molecule has 0 bridgehead atoms. The lowest BCUT2D eigenvalue weighted by molar-refractivity contribution is -0.120. The minimum Gasteiger partial charge on any atom is -0.493 e. The van der Waals surface area contributed by atoms with Gasteiger partial charge in [0.05, 0.1) is 10.7 Å². The van der Waals surface area contributed by atoms with Crippen LogP contribution in [-0.4, -0.2) is 42.6 Å². The fraction of sp³-hybridized carbons (Fsp3) is 0.457. The lowest BCUT2D eigenvalue weighted by Crippen LogP contribution is -2.44. The van der Waals surface area contributed by atoms with Gasteiger partial charge in [0.1, 0.15) is 0 Å². The number of benzene rings is 2. The molecule has 3 aliphatic rings. The first-order valence-electron chi connectivity index (χ1n) is 14.9. The van der Waals surface area contributed by atoms with E-state index in [0.29, 0.717) is 36.6 Å². The summed E-state index contributed by atoms with van der Waals surface area (Å²) in [7, 11) is 1.56. The fourth-order valence-electron chi connectivity index (χ4n) is 6.87. The number of carbonyl (C=O) groups excluding carboxylic acids is 3. The lowest BCUT2D eigenvalue weighted by atomic mass is 9.63. The third kappa shape index (κ3) is 6.26. The molecular weight excluding hydrogens is 655 g/mol. The summed E-state index contributed by atoms with van der Waals surface area (Å²) in [6, 6.07) is 11.4. The molecule has 0 saturated heterocycles. The van der Waals surface area contributed by atoms with Crippen molar-refractivity contribution in [2.24, 2.45) is 10.8 Å². The highest BCUT2D eigenvalue weighted by atomic mass is 127. The number of ether oxygens (including phenoxy) is 2. The van der Waals surface area contributed by atoms with Gasteiger partial charge in [-0.25, -0.2) is 0 Å². The maximum Gasteiger partial charge on any atom is 0.262 e. The molecule has 5 rings (SSSR count). The molecule has 2 aliphatic carbocycles. The van der Waals surface area contributed by atoms with E-state index >= 15 is 0 Å². The van der Waals surface area contributed by atoms with Gasteiger partial charge in [-0.05, 0) is 95.5 Å². The van der Waals surface area contributed by atoms with Crippen LogP contribution in [0.25, 0.3) is 0 Å². The molecule has 0 unspecified atom stereocenters. The standard InChI is InChI=1S/C35H41IN2O5/c1-8-38-24-15-34(3,4)17-26(39)31(24)30(32-25(38)16-35(5,6)18-27(32)40)21-13-23(36)33(28(14-21)42-7)43-19-29(41)37-22-11-9-10-20(2)12-22/h9-14,30H,8,15-19H2,1-7H3,(H,37,41). The summed E-state index contributed by atoms with van der Waals surface area (Å²) in [5.41, 5.74) is 5.81. The number of anilines is 1. The van der Waals surface area contributed by atoms with Crippen molar-refractivity contribution in [1.29, 1.82) is 0 Å². The molecule has 2 aromatic carbocycles. The van der Waals surface area contributed by atoms with Gasteiger partial charge in [-0.15, -0.1) is 0 Å². The van der Waals surface area contributed by atoms with E-state index in [1.807, 2.05) is 43.3 Å². The molecule has 1 amide bonds. The Morgan fingerprint density at radius 3 is 2.12 bits per heavy atom. The highest BCUT2D eigenvalue weighted by Crippen LogP contribution is 2.55. The van der Waals surface area contributed by atoms with Crippen LogP contribution in [0.4, 0.5) is 5.69 Å². The Labute approximate surface area is 268 Å². The number of hydrogen-bond donors (Lipinski definition) is 1. The second kappa shape index (κ2) is 11.7. The minimum absolute atomic E-state index is 0.0982. The van der Waals surface area contributed by atoms with Crippen LogP contribution in [0.15, 0.2) is 58.9 Å². The number of halogens is 1. The van der Waals surface area contributed by atoms with E-state index in [1.165, 1.54) is 0 Å². The molecule has 8 heteroatoms. The first-order valence-corrected chi connectivity index (χ1v) is 16.0. The number of rotatable bonds is 7. The summed E-state index contributed by atoms with van der Waals surface area (Å²) in [5.74, 6) is 0.352. The first-order chi connectivity index (χ1) is 20.2. The van der Waals surface area contributed by atoms with Crippen molar-refractivity contribution in [3.05, 3.63) is 73.6 Å². The number of nitrogens with zero attached hydrogens (tertiary/aromatic N) is 1. The molecule has 1 aliphatic heterocycles. The summed E-state index contributed by atoms with van der Waals surface area (Å²) in [4.78, 5) is 42.8. The Bertz CT molecular complexity index is 1510. The van der Waals surface area contributed by atoms with Crippen LogP contribution in [0, 0.1) is 21.3 Å². The van der Waals surface area contributed by atoms with E-state index in [2.05, 4.69) is 67.4 Å². The molecule has 1 heterocycles. The SMILES string of the molecule is CCN1C2=C(C(=O)CC(C)(C)C2)C(c2cc(I)c(OCC(=O)Nc3cccc(C)c3)c(OC)c2)C2=C1CC(C)(C)CC2=O. The van der Waals surface area contributed by atoms with Gasteiger partial charge in [0.15, 0.2) is 29.7 Å². The average molecular weight is 697 g/mol. The zero-order chi connectivity index (χ0) is 31.3. The zero-order valence-corrected chi connectivity index (χ0v) is 28.3. The van der Waals surface area contributed by atoms with Gasteiger partial charge in [0.2, 0.25) is 0 Å². The Hall–Kier alpha value is -3.14. The van der Waals surface area contributed by atoms with Gasteiger partial charge in [-0.2, -0.15) is 0 Å². The first kappa shape index (κ1) is 31.3. The molecule has 0 radical (unpaired) electrons. The summed E-state index contributed by atoms with van der Waals surface area (Å²) >= 11 is 2.19. The molecule has 43 heavy (non-hydrogen) atoms. The lowest BCUT2D eigenvalue weighted by Gasteiger charge is -2.49. The Morgan fingerprint density at radius 1 is 0.977 bits per heavy atom. The van der Waals surface area contributed by atoms with Crippen molar-refractivity contribution in [1.82, 2.24) is 4.90 Å². The van der Waals surface area contributed by atoms with E-state index in [4.69, 9.17) is 9.47 Å². The Morgan fingerprint density at radius 2 is 1.58 bits per heavy atom. The van der Waals surface area contributed by atoms with E-state index in [9.17, 15) is 14.4 Å². The number of carbonyl (C=O) groups is 3. The van der Waals surface area contributed by atoms with Gasteiger partial charge in [0.25, 0.3) is 5.91 Å². The molecule has 1 N–H and O–H groups in total. The number of allylic oxidation sites excluding steroid dienone is 4. The van der Waals surface area contributed by atoms with Gasteiger partial charge in [-0.3, -0.25) is 14.4 Å². The van der Waals surface area contributed by atoms with Crippen molar-refractivity contribution in [2.45, 2.75) is 73.1 Å². The highest BCUT2D eigenvalue weighted by molar-refractivity contribution is 14.1. The minimum atomic E-state index is -0.471. The third-order valence-corrected chi connectivity index (χ3v) is 9.37.